The molecule has 0 saturated carbocycles. The normalized spacial score (nSPS) is 14.7. The topological polar surface area (TPSA) is 117 Å². The van der Waals surface area contributed by atoms with Crippen LogP contribution in [0.5, 0.6) is 0 Å². The van der Waals surface area contributed by atoms with Gasteiger partial charge in [-0.1, -0.05) is 27.7 Å². The largest absolute Gasteiger partial charge is 0.464 e. The molecule has 2 atom stereocenters. The molecule has 7 nitrogen and oxygen atoms in total. The maximum Gasteiger partial charge on any atom is 0.323 e. The van der Waals surface area contributed by atoms with Crippen molar-refractivity contribution in [2.75, 3.05) is 37.9 Å². The van der Waals surface area contributed by atoms with Crippen molar-refractivity contribution in [3.05, 3.63) is 0 Å². The van der Waals surface area contributed by atoms with E-state index in [0.717, 1.165) is 0 Å². The molecule has 0 saturated heterocycles. The van der Waals surface area contributed by atoms with Gasteiger partial charge in [-0.3, -0.25) is 9.59 Å². The number of nitrogens with one attached hydrogen (secondary N) is 1. The Bertz CT molecular complexity index is 396. The summed E-state index contributed by atoms with van der Waals surface area (Å²) in [6, 6.07) is -1.33. The number of hydrogen-bond donors (Lipinski definition) is 5. The third kappa shape index (κ3) is 11.0. The van der Waals surface area contributed by atoms with Crippen molar-refractivity contribution in [2.45, 2.75) is 39.8 Å². The molecule has 1 amide bonds. The first kappa shape index (κ1) is 24.5. The van der Waals surface area contributed by atoms with Gasteiger partial charge in [-0.2, -0.15) is 25.3 Å². The number of thiol groups is 2. The van der Waals surface area contributed by atoms with E-state index in [1.165, 1.54) is 0 Å². The van der Waals surface area contributed by atoms with Gasteiger partial charge in [0.1, 0.15) is 6.04 Å². The van der Waals surface area contributed by atoms with Crippen LogP contribution in [-0.2, 0) is 19.1 Å². The summed E-state index contributed by atoms with van der Waals surface area (Å²) in [4.78, 5) is 23.3. The summed E-state index contributed by atoms with van der Waals surface area (Å²) in [6.07, 6.45) is 0. The van der Waals surface area contributed by atoms with Crippen molar-refractivity contribution in [2.24, 2.45) is 22.3 Å². The molecule has 0 aliphatic rings. The Labute approximate surface area is 161 Å². The van der Waals surface area contributed by atoms with Gasteiger partial charge in [0.25, 0.3) is 0 Å². The molecule has 0 aliphatic heterocycles. The lowest BCUT2D eigenvalue weighted by Gasteiger charge is -2.29. The van der Waals surface area contributed by atoms with Crippen LogP contribution in [0.3, 0.4) is 0 Å². The van der Waals surface area contributed by atoms with E-state index >= 15 is 0 Å². The minimum Gasteiger partial charge on any atom is -0.464 e. The summed E-state index contributed by atoms with van der Waals surface area (Å²) in [5, 5.41) is 2.80. The zero-order valence-corrected chi connectivity index (χ0v) is 17.4. The predicted octanol–water partition coefficient (Wildman–Crippen LogP) is 0.229. The molecule has 0 fully saturated rings. The lowest BCUT2D eigenvalue weighted by molar-refractivity contribution is -0.149. The van der Waals surface area contributed by atoms with E-state index < -0.39 is 18.1 Å². The number of ether oxygens (including phenoxy) is 2. The van der Waals surface area contributed by atoms with Gasteiger partial charge in [0, 0.05) is 28.9 Å². The summed E-state index contributed by atoms with van der Waals surface area (Å²) in [7, 11) is 0. The van der Waals surface area contributed by atoms with Gasteiger partial charge in [0.2, 0.25) is 5.91 Å². The SMILES string of the molecule is CC(C)(CNC(=O)C(N)CS)COCC(C)(C)COC(=O)C(N)CS. The Hall–Kier alpha value is -0.480. The zero-order chi connectivity index (χ0) is 19.7. The van der Waals surface area contributed by atoms with E-state index in [1.54, 1.807) is 0 Å². The molecule has 25 heavy (non-hydrogen) atoms. The van der Waals surface area contributed by atoms with E-state index in [9.17, 15) is 9.59 Å². The number of esters is 1. The van der Waals surface area contributed by atoms with Crippen LogP contribution < -0.4 is 16.8 Å². The smallest absolute Gasteiger partial charge is 0.323 e. The molecular formula is C16H33N3O4S2. The number of carbonyl (C=O) groups excluding carboxylic acids is 2. The van der Waals surface area contributed by atoms with Crippen molar-refractivity contribution in [3.63, 3.8) is 0 Å². The van der Waals surface area contributed by atoms with Gasteiger partial charge in [0.05, 0.1) is 25.9 Å². The average Bonchev–Trinajstić information content (AvgIpc) is 2.55. The van der Waals surface area contributed by atoms with Gasteiger partial charge < -0.3 is 26.3 Å². The van der Waals surface area contributed by atoms with E-state index in [0.29, 0.717) is 25.5 Å². The highest BCUT2D eigenvalue weighted by molar-refractivity contribution is 7.80. The van der Waals surface area contributed by atoms with Crippen LogP contribution in [-0.4, -0.2) is 61.8 Å². The van der Waals surface area contributed by atoms with E-state index in [2.05, 4.69) is 30.6 Å². The highest BCUT2D eigenvalue weighted by Gasteiger charge is 2.26. The molecule has 0 radical (unpaired) electrons. The van der Waals surface area contributed by atoms with Gasteiger partial charge in [-0.05, 0) is 0 Å². The standard InChI is InChI=1S/C16H33N3O4S2/c1-15(2,7-19-13(20)11(17)5-24)8-22-9-16(3,4)10-23-14(21)12(18)6-25/h11-12,24-25H,5-10,17-18H2,1-4H3,(H,19,20). The first-order chi connectivity index (χ1) is 11.4. The molecule has 2 unspecified atom stereocenters. The Morgan fingerprint density at radius 1 is 0.960 bits per heavy atom. The fourth-order valence-electron chi connectivity index (χ4n) is 1.68. The zero-order valence-electron chi connectivity index (χ0n) is 15.6. The molecule has 0 aromatic rings. The van der Waals surface area contributed by atoms with E-state index in [-0.39, 0.29) is 29.1 Å². The lowest BCUT2D eigenvalue weighted by Crippen LogP contribution is -2.46. The lowest BCUT2D eigenvalue weighted by atomic mass is 9.93. The van der Waals surface area contributed by atoms with E-state index in [4.69, 9.17) is 20.9 Å². The van der Waals surface area contributed by atoms with Crippen LogP contribution >= 0.6 is 25.3 Å². The number of amides is 1. The fraction of sp³-hybridized carbons (Fsp3) is 0.875. The van der Waals surface area contributed by atoms with E-state index in [1.807, 2.05) is 27.7 Å². The molecule has 0 aromatic carbocycles. The molecule has 0 aromatic heterocycles. The second-order valence-electron chi connectivity index (χ2n) is 7.72. The highest BCUT2D eigenvalue weighted by atomic mass is 32.1. The molecule has 0 spiro atoms. The third-order valence-electron chi connectivity index (χ3n) is 3.36. The predicted molar refractivity (Wildman–Crippen MR) is 106 cm³/mol. The summed E-state index contributed by atoms with van der Waals surface area (Å²) < 4.78 is 11.0. The fourth-order valence-corrected chi connectivity index (χ4v) is 2.00. The van der Waals surface area contributed by atoms with Gasteiger partial charge >= 0.3 is 5.97 Å². The van der Waals surface area contributed by atoms with Gasteiger partial charge in [-0.15, -0.1) is 0 Å². The average molecular weight is 396 g/mol. The third-order valence-corrected chi connectivity index (χ3v) is 4.15. The van der Waals surface area contributed by atoms with Crippen LogP contribution in [0.2, 0.25) is 0 Å². The van der Waals surface area contributed by atoms with Crippen LogP contribution in [0.4, 0.5) is 0 Å². The molecule has 148 valence electrons. The number of hydrogen-bond acceptors (Lipinski definition) is 8. The second-order valence-corrected chi connectivity index (χ2v) is 8.46. The minimum atomic E-state index is -0.716. The highest BCUT2D eigenvalue weighted by Crippen LogP contribution is 2.20. The first-order valence-electron chi connectivity index (χ1n) is 8.19. The van der Waals surface area contributed by atoms with Crippen LogP contribution in [0.1, 0.15) is 27.7 Å². The monoisotopic (exact) mass is 395 g/mol. The van der Waals surface area contributed by atoms with Gasteiger partial charge in [0.15, 0.2) is 0 Å². The molecule has 0 rings (SSSR count). The summed E-state index contributed by atoms with van der Waals surface area (Å²) in [5.74, 6) is -0.151. The van der Waals surface area contributed by atoms with Crippen molar-refractivity contribution in [1.82, 2.24) is 5.32 Å². The molecule has 9 heteroatoms. The molecular weight excluding hydrogens is 362 g/mol. The summed E-state index contributed by atoms with van der Waals surface area (Å²) in [5.41, 5.74) is 10.6. The maximum atomic E-state index is 11.7. The maximum absolute atomic E-state index is 11.7. The Kier molecular flexibility index (Phi) is 11.1. The second kappa shape index (κ2) is 11.3. The molecule has 0 bridgehead atoms. The Morgan fingerprint density at radius 3 is 2.00 bits per heavy atom. The molecule has 0 aliphatic carbocycles. The summed E-state index contributed by atoms with van der Waals surface area (Å²) >= 11 is 7.97. The Balaban J connectivity index is 4.20. The Morgan fingerprint density at radius 2 is 1.48 bits per heavy atom. The van der Waals surface area contributed by atoms with Crippen molar-refractivity contribution in [3.8, 4) is 0 Å². The van der Waals surface area contributed by atoms with Crippen LogP contribution in [0.15, 0.2) is 0 Å². The van der Waals surface area contributed by atoms with Crippen molar-refractivity contribution < 1.29 is 19.1 Å². The van der Waals surface area contributed by atoms with Gasteiger partial charge in [-0.25, -0.2) is 0 Å². The molecule has 5 N–H and O–H groups in total. The van der Waals surface area contributed by atoms with Crippen LogP contribution in [0.25, 0.3) is 0 Å². The quantitative estimate of drug-likeness (QED) is 0.239. The summed E-state index contributed by atoms with van der Waals surface area (Å²) in [6.45, 7) is 9.35. The first-order valence-corrected chi connectivity index (χ1v) is 9.45. The number of nitrogens with two attached hydrogens (primary N) is 2. The minimum absolute atomic E-state index is 0.210. The van der Waals surface area contributed by atoms with Crippen LogP contribution in [0, 0.1) is 10.8 Å². The molecule has 0 heterocycles. The number of rotatable bonds is 12. The number of carbonyl (C=O) groups is 2. The van der Waals surface area contributed by atoms with Crippen molar-refractivity contribution in [1.29, 1.82) is 0 Å². The van der Waals surface area contributed by atoms with Crippen molar-refractivity contribution >= 4 is 37.1 Å².